The molecule has 0 radical (unpaired) electrons. The molecule has 0 aliphatic carbocycles. The fraction of sp³-hybridized carbons (Fsp3) is 0.269. The molecule has 0 saturated heterocycles. The minimum atomic E-state index is -0.591. The molecule has 4 heterocycles. The second kappa shape index (κ2) is 9.31. The third-order valence-electron chi connectivity index (χ3n) is 6.05. The van der Waals surface area contributed by atoms with E-state index < -0.39 is 11.9 Å². The smallest absolute Gasteiger partial charge is 0.262 e. The zero-order valence-corrected chi connectivity index (χ0v) is 21.0. The number of hydrogen-bond donors (Lipinski definition) is 3. The standard InChI is InChI=1S/C26H27N9O2/c1-15(2)35-23(16(3)30-25(36)21-22(27)32-34-12-6-11-28-24(21)34)31-19-8-5-7-18(20(19)26(35)37)10-9-17-13-29-33(4)14-17/h5-8,12-16,28H,11H2,1-4H3,(H2,27,32)(H,30,36). The Kier molecular flexibility index (Phi) is 6.01. The van der Waals surface area contributed by atoms with Crippen LogP contribution in [0.3, 0.4) is 0 Å². The highest BCUT2D eigenvalue weighted by molar-refractivity contribution is 6.04. The van der Waals surface area contributed by atoms with Crippen LogP contribution >= 0.6 is 0 Å². The molecule has 1 aromatic carbocycles. The second-order valence-corrected chi connectivity index (χ2v) is 9.11. The summed E-state index contributed by atoms with van der Waals surface area (Å²) >= 11 is 0. The van der Waals surface area contributed by atoms with Gasteiger partial charge in [0.2, 0.25) is 0 Å². The van der Waals surface area contributed by atoms with Gasteiger partial charge in [-0.15, -0.1) is 5.10 Å². The number of nitrogens with zero attached hydrogens (tertiary/aromatic N) is 6. The van der Waals surface area contributed by atoms with E-state index in [-0.39, 0.29) is 23.0 Å². The molecule has 4 N–H and O–H groups in total. The lowest BCUT2D eigenvalue weighted by molar-refractivity contribution is 0.0938. The zero-order chi connectivity index (χ0) is 26.3. The van der Waals surface area contributed by atoms with Crippen molar-refractivity contribution in [3.63, 3.8) is 0 Å². The number of fused-ring (bicyclic) bond motifs is 2. The van der Waals surface area contributed by atoms with Gasteiger partial charge in [0, 0.05) is 37.6 Å². The van der Waals surface area contributed by atoms with Crippen LogP contribution in [0.2, 0.25) is 0 Å². The van der Waals surface area contributed by atoms with Crippen molar-refractivity contribution in [2.75, 3.05) is 17.6 Å². The van der Waals surface area contributed by atoms with E-state index in [0.29, 0.717) is 34.7 Å². The van der Waals surface area contributed by atoms with Crippen LogP contribution in [0.4, 0.5) is 11.6 Å². The Bertz CT molecular complexity index is 1680. The molecule has 11 nitrogen and oxygen atoms in total. The molecule has 5 rings (SSSR count). The number of hydrogen-bond acceptors (Lipinski definition) is 7. The number of carbonyl (C=O) groups is 1. The predicted molar refractivity (Wildman–Crippen MR) is 142 cm³/mol. The number of aryl methyl sites for hydroxylation is 1. The fourth-order valence-corrected chi connectivity index (χ4v) is 4.39. The Labute approximate surface area is 213 Å². The van der Waals surface area contributed by atoms with E-state index in [4.69, 9.17) is 10.7 Å². The van der Waals surface area contributed by atoms with E-state index in [1.54, 1.807) is 40.7 Å². The number of amides is 1. The fourth-order valence-electron chi connectivity index (χ4n) is 4.39. The van der Waals surface area contributed by atoms with Crippen LogP contribution in [0.1, 0.15) is 60.2 Å². The summed E-state index contributed by atoms with van der Waals surface area (Å²) in [6.45, 7) is 6.15. The number of nitrogen functional groups attached to an aromatic ring is 1. The number of anilines is 2. The van der Waals surface area contributed by atoms with E-state index in [2.05, 4.69) is 32.7 Å². The summed E-state index contributed by atoms with van der Waals surface area (Å²) < 4.78 is 4.80. The molecule has 1 aliphatic heterocycles. The molecule has 0 bridgehead atoms. The molecule has 0 fully saturated rings. The van der Waals surface area contributed by atoms with Gasteiger partial charge in [-0.2, -0.15) is 5.10 Å². The van der Waals surface area contributed by atoms with Gasteiger partial charge >= 0.3 is 0 Å². The van der Waals surface area contributed by atoms with Gasteiger partial charge in [-0.3, -0.25) is 18.8 Å². The molecule has 4 aromatic rings. The first-order chi connectivity index (χ1) is 17.7. The van der Waals surface area contributed by atoms with Gasteiger partial charge in [0.25, 0.3) is 11.5 Å². The average Bonchev–Trinajstić information content (AvgIpc) is 3.43. The van der Waals surface area contributed by atoms with Crippen LogP contribution in [-0.2, 0) is 7.05 Å². The Hall–Kier alpha value is -4.85. The van der Waals surface area contributed by atoms with Crippen LogP contribution in [0.25, 0.3) is 17.1 Å². The highest BCUT2D eigenvalue weighted by atomic mass is 16.2. The molecule has 0 spiro atoms. The van der Waals surface area contributed by atoms with Gasteiger partial charge in [0.05, 0.1) is 28.7 Å². The number of nitrogens with two attached hydrogens (primary N) is 1. The minimum Gasteiger partial charge on any atom is -0.381 e. The van der Waals surface area contributed by atoms with Gasteiger partial charge in [0.15, 0.2) is 5.82 Å². The number of aromatic nitrogens is 6. The third-order valence-corrected chi connectivity index (χ3v) is 6.05. The lowest BCUT2D eigenvalue weighted by atomic mass is 10.1. The van der Waals surface area contributed by atoms with Crippen molar-refractivity contribution in [1.82, 2.24) is 34.4 Å². The summed E-state index contributed by atoms with van der Waals surface area (Å²) in [5.41, 5.74) is 7.91. The summed E-state index contributed by atoms with van der Waals surface area (Å²) in [5, 5.41) is 14.8. The van der Waals surface area contributed by atoms with Crippen LogP contribution in [0.5, 0.6) is 0 Å². The highest BCUT2D eigenvalue weighted by Gasteiger charge is 2.26. The molecule has 11 heteroatoms. The van der Waals surface area contributed by atoms with Crippen molar-refractivity contribution in [2.24, 2.45) is 7.05 Å². The number of rotatable bonds is 4. The molecule has 1 aliphatic rings. The van der Waals surface area contributed by atoms with Crippen LogP contribution in [0, 0.1) is 11.8 Å². The van der Waals surface area contributed by atoms with E-state index in [1.165, 1.54) is 4.68 Å². The summed E-state index contributed by atoms with van der Waals surface area (Å²) in [7, 11) is 1.82. The van der Waals surface area contributed by atoms with Crippen molar-refractivity contribution in [2.45, 2.75) is 32.9 Å². The summed E-state index contributed by atoms with van der Waals surface area (Å²) in [6, 6.07) is 4.59. The SMILES string of the molecule is CC(NC(=O)c1c(N)nn2c1NCC=C2)c1nc2cccc(C#Cc3cnn(C)c3)c2c(=O)n1C(C)C. The molecular weight excluding hydrogens is 470 g/mol. The molecule has 3 aromatic heterocycles. The molecule has 188 valence electrons. The first-order valence-electron chi connectivity index (χ1n) is 11.9. The number of carbonyl (C=O) groups excluding carboxylic acids is 1. The van der Waals surface area contributed by atoms with Gasteiger partial charge < -0.3 is 16.4 Å². The molecule has 1 unspecified atom stereocenters. The maximum absolute atomic E-state index is 13.8. The third kappa shape index (κ3) is 4.33. The van der Waals surface area contributed by atoms with E-state index in [1.807, 2.05) is 39.2 Å². The van der Waals surface area contributed by atoms with E-state index in [9.17, 15) is 9.59 Å². The minimum absolute atomic E-state index is 0.114. The maximum Gasteiger partial charge on any atom is 0.262 e. The molecule has 1 atom stereocenters. The lowest BCUT2D eigenvalue weighted by Gasteiger charge is -2.22. The largest absolute Gasteiger partial charge is 0.381 e. The molecule has 0 saturated carbocycles. The molecule has 1 amide bonds. The first-order valence-corrected chi connectivity index (χ1v) is 11.9. The van der Waals surface area contributed by atoms with Crippen molar-refractivity contribution >= 4 is 34.6 Å². The van der Waals surface area contributed by atoms with Crippen molar-refractivity contribution in [1.29, 1.82) is 0 Å². The van der Waals surface area contributed by atoms with Gasteiger partial charge in [-0.05, 0) is 39.0 Å². The number of nitrogens with one attached hydrogen (secondary N) is 2. The topological polar surface area (TPSA) is 138 Å². The quantitative estimate of drug-likeness (QED) is 0.368. The predicted octanol–water partition coefficient (Wildman–Crippen LogP) is 2.28. The van der Waals surface area contributed by atoms with E-state index in [0.717, 1.165) is 5.56 Å². The van der Waals surface area contributed by atoms with Gasteiger partial charge in [-0.25, -0.2) is 9.67 Å². The van der Waals surface area contributed by atoms with Gasteiger partial charge in [0.1, 0.15) is 17.2 Å². The Morgan fingerprint density at radius 3 is 2.78 bits per heavy atom. The van der Waals surface area contributed by atoms with Crippen molar-refractivity contribution < 1.29 is 4.79 Å². The van der Waals surface area contributed by atoms with Crippen molar-refractivity contribution in [3.05, 3.63) is 69.5 Å². The first kappa shape index (κ1) is 23.9. The number of benzene rings is 1. The summed E-state index contributed by atoms with van der Waals surface area (Å²) in [4.78, 5) is 31.8. The zero-order valence-electron chi connectivity index (χ0n) is 21.0. The molecule has 37 heavy (non-hydrogen) atoms. The Morgan fingerprint density at radius 1 is 1.24 bits per heavy atom. The van der Waals surface area contributed by atoms with Crippen LogP contribution in [0.15, 0.2) is 41.5 Å². The van der Waals surface area contributed by atoms with Gasteiger partial charge in [-0.1, -0.05) is 17.9 Å². The average molecular weight is 498 g/mol. The molecular formula is C26H27N9O2. The Balaban J connectivity index is 1.55. The maximum atomic E-state index is 13.8. The lowest BCUT2D eigenvalue weighted by Crippen LogP contribution is -2.35. The normalized spacial score (nSPS) is 13.1. The summed E-state index contributed by atoms with van der Waals surface area (Å²) in [5.74, 6) is 6.82. The van der Waals surface area contributed by atoms with Crippen LogP contribution < -0.4 is 21.9 Å². The van der Waals surface area contributed by atoms with Crippen molar-refractivity contribution in [3.8, 4) is 11.8 Å². The van der Waals surface area contributed by atoms with E-state index >= 15 is 0 Å². The highest BCUT2D eigenvalue weighted by Crippen LogP contribution is 2.26. The summed E-state index contributed by atoms with van der Waals surface area (Å²) in [6.07, 6.45) is 7.10. The monoisotopic (exact) mass is 497 g/mol. The van der Waals surface area contributed by atoms with Crippen LogP contribution in [-0.4, -0.2) is 41.6 Å². The second-order valence-electron chi connectivity index (χ2n) is 9.11. The Morgan fingerprint density at radius 2 is 2.05 bits per heavy atom.